The van der Waals surface area contributed by atoms with E-state index in [0.29, 0.717) is 0 Å². The maximum Gasteiger partial charge on any atom is 0.417 e. The highest BCUT2D eigenvalue weighted by Crippen LogP contribution is 2.48. The Bertz CT molecular complexity index is 512. The van der Waals surface area contributed by atoms with Gasteiger partial charge in [-0.2, -0.15) is 0 Å². The fourth-order valence-corrected chi connectivity index (χ4v) is 3.53. The molecule has 0 aliphatic carbocycles. The Labute approximate surface area is 119 Å². The average molecular weight is 295 g/mol. The van der Waals surface area contributed by atoms with Crippen LogP contribution in [0.5, 0.6) is 0 Å². The predicted octanol–water partition coefficient (Wildman–Crippen LogP) is 2.81. The van der Waals surface area contributed by atoms with E-state index in [1.807, 2.05) is 30.3 Å². The van der Waals surface area contributed by atoms with Gasteiger partial charge < -0.3 is 9.26 Å². The number of benzene rings is 1. The molecular formula is C14H18NO4P. The van der Waals surface area contributed by atoms with Crippen molar-refractivity contribution in [3.05, 3.63) is 30.3 Å². The monoisotopic (exact) mass is 295 g/mol. The van der Waals surface area contributed by atoms with Crippen LogP contribution in [-0.4, -0.2) is 28.4 Å². The molecule has 5 nitrogen and oxygen atoms in total. The van der Waals surface area contributed by atoms with E-state index in [4.69, 9.17) is 9.26 Å². The van der Waals surface area contributed by atoms with E-state index in [1.165, 1.54) is 4.67 Å². The molecule has 1 aliphatic heterocycles. The summed E-state index contributed by atoms with van der Waals surface area (Å²) < 4.78 is 12.1. The topological polar surface area (TPSA) is 55.8 Å². The van der Waals surface area contributed by atoms with Crippen LogP contribution in [0.1, 0.15) is 27.7 Å². The Morgan fingerprint density at radius 2 is 1.90 bits per heavy atom. The molecule has 0 radical (unpaired) electrons. The molecule has 108 valence electrons. The van der Waals surface area contributed by atoms with Gasteiger partial charge in [0.05, 0.1) is 0 Å². The Balaban J connectivity index is 2.27. The fraction of sp³-hybridized carbons (Fsp3) is 0.429. The van der Waals surface area contributed by atoms with Crippen LogP contribution in [0.15, 0.2) is 30.3 Å². The highest BCUT2D eigenvalue weighted by molar-refractivity contribution is 7.60. The molecule has 1 saturated heterocycles. The van der Waals surface area contributed by atoms with Crippen molar-refractivity contribution in [3.63, 3.8) is 0 Å². The third-order valence-corrected chi connectivity index (χ3v) is 4.63. The first-order valence-electron chi connectivity index (χ1n) is 6.39. The number of carbonyl (C=O) groups is 2. The van der Waals surface area contributed by atoms with E-state index in [9.17, 15) is 9.59 Å². The molecule has 1 fully saturated rings. The lowest BCUT2D eigenvalue weighted by Gasteiger charge is -2.27. The highest BCUT2D eigenvalue weighted by Gasteiger charge is 2.46. The zero-order valence-corrected chi connectivity index (χ0v) is 12.9. The fourth-order valence-electron chi connectivity index (χ4n) is 1.74. The molecule has 0 saturated carbocycles. The number of carbonyl (C=O) groups excluding carboxylic acids is 2. The van der Waals surface area contributed by atoms with Gasteiger partial charge in [0, 0.05) is 5.30 Å². The van der Waals surface area contributed by atoms with Crippen molar-refractivity contribution >= 4 is 25.7 Å². The molecule has 2 rings (SSSR count). The summed E-state index contributed by atoms with van der Waals surface area (Å²) in [6, 6.07) is 8.63. The molecule has 0 bridgehead atoms. The van der Waals surface area contributed by atoms with Gasteiger partial charge >= 0.3 is 12.1 Å². The first-order chi connectivity index (χ1) is 9.29. The molecule has 1 heterocycles. The molecule has 1 aliphatic rings. The summed E-state index contributed by atoms with van der Waals surface area (Å²) in [5, 5.41) is 0.811. The molecule has 0 unspecified atom stereocenters. The average Bonchev–Trinajstić information content (AvgIpc) is 2.65. The van der Waals surface area contributed by atoms with Crippen LogP contribution >= 0.6 is 8.30 Å². The maximum absolute atomic E-state index is 12.3. The van der Waals surface area contributed by atoms with Crippen LogP contribution in [0, 0.1) is 0 Å². The Hall–Kier alpha value is -1.61. The van der Waals surface area contributed by atoms with Crippen molar-refractivity contribution in [2.45, 2.75) is 39.3 Å². The van der Waals surface area contributed by atoms with Crippen molar-refractivity contribution in [2.75, 3.05) is 0 Å². The zero-order valence-electron chi connectivity index (χ0n) is 12.0. The number of amides is 1. The molecule has 1 amide bonds. The first-order valence-corrected chi connectivity index (χ1v) is 7.60. The van der Waals surface area contributed by atoms with Gasteiger partial charge in [-0.15, -0.1) is 0 Å². The summed E-state index contributed by atoms with van der Waals surface area (Å²) in [6.45, 7) is 7.02. The second-order valence-electron chi connectivity index (χ2n) is 5.52. The van der Waals surface area contributed by atoms with Crippen LogP contribution < -0.4 is 5.30 Å². The highest BCUT2D eigenvalue weighted by atomic mass is 31.2. The van der Waals surface area contributed by atoms with E-state index < -0.39 is 32.0 Å². The number of hydrogen-bond acceptors (Lipinski definition) is 4. The van der Waals surface area contributed by atoms with Gasteiger partial charge in [-0.3, -0.25) is 0 Å². The molecular weight excluding hydrogens is 277 g/mol. The van der Waals surface area contributed by atoms with Gasteiger partial charge in [0.1, 0.15) is 11.6 Å². The predicted molar refractivity (Wildman–Crippen MR) is 76.6 cm³/mol. The number of nitrogens with zero attached hydrogens (tertiary/aromatic N) is 1. The molecule has 0 N–H and O–H groups in total. The molecule has 6 heteroatoms. The van der Waals surface area contributed by atoms with Gasteiger partial charge in [0.2, 0.25) is 8.30 Å². The summed E-state index contributed by atoms with van der Waals surface area (Å²) in [6.07, 6.45) is -0.522. The van der Waals surface area contributed by atoms with E-state index in [1.54, 1.807) is 27.7 Å². The molecule has 1 aromatic carbocycles. The number of hydrogen-bond donors (Lipinski definition) is 0. The van der Waals surface area contributed by atoms with Crippen molar-refractivity contribution < 1.29 is 18.8 Å². The SMILES string of the molecule is C[C@H]1C(=O)O[P@](c2ccccc2)N1C(=O)OC(C)(C)C. The Morgan fingerprint density at radius 1 is 1.30 bits per heavy atom. The van der Waals surface area contributed by atoms with Crippen LogP contribution in [0.4, 0.5) is 4.79 Å². The number of ether oxygens (including phenoxy) is 1. The van der Waals surface area contributed by atoms with Crippen LogP contribution in [0.25, 0.3) is 0 Å². The van der Waals surface area contributed by atoms with Crippen LogP contribution in [0.2, 0.25) is 0 Å². The van der Waals surface area contributed by atoms with Crippen molar-refractivity contribution in [3.8, 4) is 0 Å². The Kier molecular flexibility index (Phi) is 4.00. The van der Waals surface area contributed by atoms with Crippen molar-refractivity contribution in [2.24, 2.45) is 0 Å². The van der Waals surface area contributed by atoms with E-state index in [2.05, 4.69) is 0 Å². The normalized spacial score (nSPS) is 22.6. The van der Waals surface area contributed by atoms with Gasteiger partial charge in [-0.25, -0.2) is 14.3 Å². The summed E-state index contributed by atoms with van der Waals surface area (Å²) in [7, 11) is -1.47. The largest absolute Gasteiger partial charge is 0.443 e. The quantitative estimate of drug-likeness (QED) is 0.748. The van der Waals surface area contributed by atoms with Crippen molar-refractivity contribution in [1.29, 1.82) is 0 Å². The Morgan fingerprint density at radius 3 is 2.45 bits per heavy atom. The maximum atomic E-state index is 12.3. The minimum absolute atomic E-state index is 0.397. The van der Waals surface area contributed by atoms with Gasteiger partial charge in [-0.1, -0.05) is 18.2 Å². The third-order valence-electron chi connectivity index (χ3n) is 2.64. The molecule has 2 atom stereocenters. The van der Waals surface area contributed by atoms with Crippen molar-refractivity contribution in [1.82, 2.24) is 4.67 Å². The third kappa shape index (κ3) is 3.10. The molecule has 20 heavy (non-hydrogen) atoms. The summed E-state index contributed by atoms with van der Waals surface area (Å²) in [5.41, 5.74) is -0.611. The second kappa shape index (κ2) is 5.41. The summed E-state index contributed by atoms with van der Waals surface area (Å²) in [5.74, 6) is -0.397. The lowest BCUT2D eigenvalue weighted by molar-refractivity contribution is -0.134. The molecule has 1 aromatic rings. The smallest absolute Gasteiger partial charge is 0.417 e. The summed E-state index contributed by atoms with van der Waals surface area (Å²) >= 11 is 0. The van der Waals surface area contributed by atoms with Gasteiger partial charge in [0.25, 0.3) is 0 Å². The lowest BCUT2D eigenvalue weighted by atomic mass is 10.2. The zero-order chi connectivity index (χ0) is 14.9. The van der Waals surface area contributed by atoms with Gasteiger partial charge in [-0.05, 0) is 39.8 Å². The minimum Gasteiger partial charge on any atom is -0.443 e. The lowest BCUT2D eigenvalue weighted by Crippen LogP contribution is -2.38. The van der Waals surface area contributed by atoms with E-state index >= 15 is 0 Å². The van der Waals surface area contributed by atoms with Crippen LogP contribution in [0.3, 0.4) is 0 Å². The summed E-state index contributed by atoms with van der Waals surface area (Å²) in [4.78, 5) is 24.1. The van der Waals surface area contributed by atoms with E-state index in [0.717, 1.165) is 5.30 Å². The molecule has 0 aromatic heterocycles. The van der Waals surface area contributed by atoms with E-state index in [-0.39, 0.29) is 0 Å². The standard InChI is InChI=1S/C14H18NO4P/c1-10-12(16)19-20(11-8-6-5-7-9-11)15(10)13(17)18-14(2,3)4/h5-10H,1-4H3/t10-,20+/m0/s1. The second-order valence-corrected chi connectivity index (χ2v) is 7.20. The first kappa shape index (κ1) is 14.8. The minimum atomic E-state index is -1.47. The molecule has 0 spiro atoms. The van der Waals surface area contributed by atoms with Crippen LogP contribution in [-0.2, 0) is 14.1 Å². The van der Waals surface area contributed by atoms with Gasteiger partial charge in [0.15, 0.2) is 0 Å². The number of rotatable bonds is 1.